The minimum atomic E-state index is -3.62. The van der Waals surface area contributed by atoms with Crippen molar-refractivity contribution in [1.82, 2.24) is 0 Å². The third-order valence-electron chi connectivity index (χ3n) is 4.31. The van der Waals surface area contributed by atoms with Crippen LogP contribution >= 0.6 is 7.60 Å². The Balaban J connectivity index is 2.11. The predicted octanol–water partition coefficient (Wildman–Crippen LogP) is 5.90. The fourth-order valence-electron chi connectivity index (χ4n) is 2.86. The summed E-state index contributed by atoms with van der Waals surface area (Å²) in [5.41, 5.74) is 3.69. The van der Waals surface area contributed by atoms with Gasteiger partial charge in [0.05, 0.1) is 5.30 Å². The van der Waals surface area contributed by atoms with Crippen LogP contribution in [-0.4, -0.2) is 0 Å². The van der Waals surface area contributed by atoms with Gasteiger partial charge in [0, 0.05) is 0 Å². The maximum Gasteiger partial charge on any atom is 0.462 e. The summed E-state index contributed by atoms with van der Waals surface area (Å²) in [6.45, 7) is 7.76. The highest BCUT2D eigenvalue weighted by atomic mass is 31.2. The van der Waals surface area contributed by atoms with Crippen molar-refractivity contribution in [2.24, 2.45) is 0 Å². The van der Waals surface area contributed by atoms with E-state index in [9.17, 15) is 4.57 Å². The smallest absolute Gasteiger partial charge is 0.412 e. The number of para-hydroxylation sites is 2. The summed E-state index contributed by atoms with van der Waals surface area (Å²) < 4.78 is 26.1. The summed E-state index contributed by atoms with van der Waals surface area (Å²) >= 11 is 0. The van der Waals surface area contributed by atoms with Crippen LogP contribution in [0.3, 0.4) is 0 Å². The van der Waals surface area contributed by atoms with Crippen LogP contribution in [-0.2, 0) is 4.57 Å². The molecule has 26 heavy (non-hydrogen) atoms. The highest BCUT2D eigenvalue weighted by molar-refractivity contribution is 7.63. The molecule has 0 unspecified atom stereocenters. The first-order valence-electron chi connectivity index (χ1n) is 8.58. The van der Waals surface area contributed by atoms with Gasteiger partial charge in [-0.15, -0.1) is 0 Å². The molecule has 0 radical (unpaired) electrons. The van der Waals surface area contributed by atoms with Gasteiger partial charge in [-0.2, -0.15) is 0 Å². The average molecular weight is 366 g/mol. The molecule has 4 heteroatoms. The number of rotatable bonds is 5. The van der Waals surface area contributed by atoms with Crippen LogP contribution in [0.1, 0.15) is 22.3 Å². The van der Waals surface area contributed by atoms with Crippen molar-refractivity contribution >= 4 is 12.9 Å². The van der Waals surface area contributed by atoms with Gasteiger partial charge < -0.3 is 9.05 Å². The molecule has 0 aliphatic heterocycles. The van der Waals surface area contributed by atoms with E-state index in [0.29, 0.717) is 16.8 Å². The van der Waals surface area contributed by atoms with Crippen molar-refractivity contribution in [3.8, 4) is 11.5 Å². The summed E-state index contributed by atoms with van der Waals surface area (Å²) in [5.74, 6) is 1.21. The molecule has 0 spiro atoms. The lowest BCUT2D eigenvalue weighted by atomic mass is 10.1. The molecule has 0 atom stereocenters. The van der Waals surface area contributed by atoms with Gasteiger partial charge in [0.2, 0.25) is 0 Å². The zero-order chi connectivity index (χ0) is 18.7. The maximum atomic E-state index is 13.9. The molecule has 0 fully saturated rings. The molecule has 134 valence electrons. The lowest BCUT2D eigenvalue weighted by Gasteiger charge is -2.24. The van der Waals surface area contributed by atoms with Gasteiger partial charge in [0.1, 0.15) is 11.5 Å². The second-order valence-corrected chi connectivity index (χ2v) is 8.33. The van der Waals surface area contributed by atoms with Crippen LogP contribution < -0.4 is 14.4 Å². The lowest BCUT2D eigenvalue weighted by Crippen LogP contribution is -2.16. The first-order chi connectivity index (χ1) is 12.4. The number of hydrogen-bond acceptors (Lipinski definition) is 3. The molecule has 0 aliphatic carbocycles. The largest absolute Gasteiger partial charge is 0.462 e. The fourth-order valence-corrected chi connectivity index (χ4v) is 4.70. The van der Waals surface area contributed by atoms with Gasteiger partial charge in [-0.25, -0.2) is 4.57 Å². The first kappa shape index (κ1) is 18.3. The lowest BCUT2D eigenvalue weighted by molar-refractivity contribution is 0.394. The molecule has 3 aromatic rings. The van der Waals surface area contributed by atoms with E-state index >= 15 is 0 Å². The molecule has 0 N–H and O–H groups in total. The second kappa shape index (κ2) is 7.39. The molecule has 3 nitrogen and oxygen atoms in total. The second-order valence-electron chi connectivity index (χ2n) is 6.46. The predicted molar refractivity (Wildman–Crippen MR) is 107 cm³/mol. The normalized spacial score (nSPS) is 11.2. The van der Waals surface area contributed by atoms with E-state index in [-0.39, 0.29) is 0 Å². The first-order valence-corrected chi connectivity index (χ1v) is 10.1. The zero-order valence-electron chi connectivity index (χ0n) is 15.5. The summed E-state index contributed by atoms with van der Waals surface area (Å²) in [7, 11) is -3.62. The fraction of sp³-hybridized carbons (Fsp3) is 0.182. The Morgan fingerprint density at radius 3 is 1.35 bits per heavy atom. The zero-order valence-corrected chi connectivity index (χ0v) is 16.4. The van der Waals surface area contributed by atoms with Gasteiger partial charge in [0.25, 0.3) is 0 Å². The number of hydrogen-bond donors (Lipinski definition) is 0. The Morgan fingerprint density at radius 1 is 0.577 bits per heavy atom. The van der Waals surface area contributed by atoms with Gasteiger partial charge >= 0.3 is 7.60 Å². The Morgan fingerprint density at radius 2 is 0.962 bits per heavy atom. The van der Waals surface area contributed by atoms with Crippen LogP contribution in [0.25, 0.3) is 0 Å². The Labute approximate surface area is 155 Å². The van der Waals surface area contributed by atoms with E-state index in [1.54, 1.807) is 12.1 Å². The van der Waals surface area contributed by atoms with Crippen molar-refractivity contribution in [2.45, 2.75) is 27.7 Å². The highest BCUT2D eigenvalue weighted by Crippen LogP contribution is 2.50. The SMILES string of the molecule is Cc1cccc(C)c1OP(=O)(Oc1c(C)cccc1C)c1ccccc1. The molecule has 3 rings (SSSR count). The van der Waals surface area contributed by atoms with Crippen molar-refractivity contribution in [2.75, 3.05) is 0 Å². The Hall–Kier alpha value is -2.51. The standard InChI is InChI=1S/C22H23O3P/c1-16-10-8-11-17(2)21(16)24-26(23,20-14-6-5-7-15-20)25-22-18(3)12-9-13-19(22)4/h5-15H,1-4H3. The quantitative estimate of drug-likeness (QED) is 0.528. The maximum absolute atomic E-state index is 13.9. The molecule has 0 amide bonds. The summed E-state index contributed by atoms with van der Waals surface area (Å²) in [6, 6.07) is 20.8. The van der Waals surface area contributed by atoms with Crippen molar-refractivity contribution in [3.05, 3.63) is 89.0 Å². The van der Waals surface area contributed by atoms with Gasteiger partial charge in [-0.05, 0) is 62.1 Å². The van der Waals surface area contributed by atoms with E-state index < -0.39 is 7.60 Å². The Bertz CT molecular complexity index is 866. The van der Waals surface area contributed by atoms with E-state index in [1.807, 2.05) is 82.3 Å². The average Bonchev–Trinajstić information content (AvgIpc) is 2.62. The monoisotopic (exact) mass is 366 g/mol. The Kier molecular flexibility index (Phi) is 5.20. The molecule has 0 aliphatic rings. The van der Waals surface area contributed by atoms with Crippen LogP contribution in [0.15, 0.2) is 66.7 Å². The number of benzene rings is 3. The van der Waals surface area contributed by atoms with Crippen LogP contribution in [0, 0.1) is 27.7 Å². The van der Waals surface area contributed by atoms with Crippen LogP contribution in [0.5, 0.6) is 11.5 Å². The van der Waals surface area contributed by atoms with Crippen molar-refractivity contribution in [1.29, 1.82) is 0 Å². The molecule has 0 aromatic heterocycles. The molecule has 0 bridgehead atoms. The highest BCUT2D eigenvalue weighted by Gasteiger charge is 2.33. The summed E-state index contributed by atoms with van der Waals surface area (Å²) in [4.78, 5) is 0. The minimum absolute atomic E-state index is 0.533. The summed E-state index contributed by atoms with van der Waals surface area (Å²) in [5, 5.41) is 0.533. The molecule has 0 heterocycles. The van der Waals surface area contributed by atoms with E-state index in [4.69, 9.17) is 9.05 Å². The topological polar surface area (TPSA) is 35.5 Å². The minimum Gasteiger partial charge on any atom is -0.412 e. The summed E-state index contributed by atoms with van der Waals surface area (Å²) in [6.07, 6.45) is 0. The third-order valence-corrected chi connectivity index (χ3v) is 6.09. The van der Waals surface area contributed by atoms with Gasteiger partial charge in [-0.3, -0.25) is 0 Å². The van der Waals surface area contributed by atoms with Crippen molar-refractivity contribution < 1.29 is 13.6 Å². The van der Waals surface area contributed by atoms with E-state index in [2.05, 4.69) is 0 Å². The molecule has 0 saturated carbocycles. The van der Waals surface area contributed by atoms with Crippen LogP contribution in [0.4, 0.5) is 0 Å². The van der Waals surface area contributed by atoms with Crippen LogP contribution in [0.2, 0.25) is 0 Å². The van der Waals surface area contributed by atoms with Gasteiger partial charge in [-0.1, -0.05) is 54.6 Å². The third kappa shape index (κ3) is 3.68. The molecule has 0 saturated heterocycles. The van der Waals surface area contributed by atoms with E-state index in [1.165, 1.54) is 0 Å². The van der Waals surface area contributed by atoms with Crippen molar-refractivity contribution in [3.63, 3.8) is 0 Å². The van der Waals surface area contributed by atoms with Gasteiger partial charge in [0.15, 0.2) is 0 Å². The molecule has 3 aromatic carbocycles. The molecular formula is C22H23O3P. The molecular weight excluding hydrogens is 343 g/mol. The van der Waals surface area contributed by atoms with E-state index in [0.717, 1.165) is 22.3 Å². The number of aryl methyl sites for hydroxylation is 4.